The number of hydrogen-bond acceptors (Lipinski definition) is 3. The number of furan rings is 1. The monoisotopic (exact) mass is 268 g/mol. The fourth-order valence-corrected chi connectivity index (χ4v) is 2.61. The Hall–Kier alpha value is -2.29. The first kappa shape index (κ1) is 12.7. The molecule has 1 unspecified atom stereocenters. The first-order valence-corrected chi connectivity index (χ1v) is 6.68. The van der Waals surface area contributed by atoms with Crippen molar-refractivity contribution in [1.82, 2.24) is 0 Å². The van der Waals surface area contributed by atoms with Gasteiger partial charge in [0.2, 0.25) is 0 Å². The van der Waals surface area contributed by atoms with E-state index in [1.165, 1.54) is 0 Å². The Morgan fingerprint density at radius 1 is 1.20 bits per heavy atom. The number of carbonyl (C=O) groups excluding carboxylic acids is 1. The second-order valence-corrected chi connectivity index (χ2v) is 5.05. The van der Waals surface area contributed by atoms with E-state index in [2.05, 4.69) is 0 Å². The standard InChI is InChI=1S/C17H16O3/c1-11-8-14(10-19-11)16-12(2)20-17(18)15(16)9-13-6-4-3-5-7-13/h3-8,10,12H,9H2,1-2H3. The number of cyclic esters (lactones) is 1. The Bertz CT molecular complexity index is 665. The number of hydrogen-bond donors (Lipinski definition) is 0. The maximum absolute atomic E-state index is 12.1. The van der Waals surface area contributed by atoms with E-state index in [1.807, 2.05) is 50.2 Å². The van der Waals surface area contributed by atoms with Gasteiger partial charge in [-0.2, -0.15) is 0 Å². The van der Waals surface area contributed by atoms with Gasteiger partial charge >= 0.3 is 5.97 Å². The predicted octanol–water partition coefficient (Wildman–Crippen LogP) is 3.53. The molecular formula is C17H16O3. The average Bonchev–Trinajstić information content (AvgIpc) is 2.95. The Kier molecular flexibility index (Phi) is 3.18. The van der Waals surface area contributed by atoms with E-state index in [0.29, 0.717) is 6.42 Å². The molecule has 1 atom stereocenters. The zero-order valence-corrected chi connectivity index (χ0v) is 11.6. The van der Waals surface area contributed by atoms with E-state index in [9.17, 15) is 4.79 Å². The summed E-state index contributed by atoms with van der Waals surface area (Å²) in [5.41, 5.74) is 3.71. The first-order valence-electron chi connectivity index (χ1n) is 6.68. The number of benzene rings is 1. The largest absolute Gasteiger partial charge is 0.469 e. The Labute approximate surface area is 117 Å². The fourth-order valence-electron chi connectivity index (χ4n) is 2.61. The number of ether oxygens (including phenoxy) is 1. The summed E-state index contributed by atoms with van der Waals surface area (Å²) < 4.78 is 10.7. The van der Waals surface area contributed by atoms with Gasteiger partial charge in [0.25, 0.3) is 0 Å². The van der Waals surface area contributed by atoms with Crippen LogP contribution in [-0.2, 0) is 16.0 Å². The van der Waals surface area contributed by atoms with Crippen molar-refractivity contribution in [3.8, 4) is 0 Å². The van der Waals surface area contributed by atoms with Gasteiger partial charge in [0.1, 0.15) is 11.9 Å². The maximum Gasteiger partial charge on any atom is 0.335 e. The molecule has 0 aliphatic carbocycles. The van der Waals surface area contributed by atoms with Crippen LogP contribution in [-0.4, -0.2) is 12.1 Å². The summed E-state index contributed by atoms with van der Waals surface area (Å²) >= 11 is 0. The smallest absolute Gasteiger partial charge is 0.335 e. The summed E-state index contributed by atoms with van der Waals surface area (Å²) in [4.78, 5) is 12.1. The van der Waals surface area contributed by atoms with Crippen LogP contribution >= 0.6 is 0 Å². The summed E-state index contributed by atoms with van der Waals surface area (Å²) in [5.74, 6) is 0.605. The Balaban J connectivity index is 2.02. The molecule has 0 fully saturated rings. The lowest BCUT2D eigenvalue weighted by atomic mass is 9.95. The highest BCUT2D eigenvalue weighted by Gasteiger charge is 2.32. The molecule has 0 amide bonds. The molecular weight excluding hydrogens is 252 g/mol. The molecule has 102 valence electrons. The second-order valence-electron chi connectivity index (χ2n) is 5.05. The molecule has 0 N–H and O–H groups in total. The van der Waals surface area contributed by atoms with Crippen molar-refractivity contribution in [3.63, 3.8) is 0 Å². The minimum absolute atomic E-state index is 0.224. The molecule has 20 heavy (non-hydrogen) atoms. The van der Waals surface area contributed by atoms with Crippen molar-refractivity contribution >= 4 is 11.5 Å². The van der Waals surface area contributed by atoms with Crippen LogP contribution in [0.4, 0.5) is 0 Å². The van der Waals surface area contributed by atoms with Gasteiger partial charge < -0.3 is 9.15 Å². The van der Waals surface area contributed by atoms with Crippen LogP contribution in [0.5, 0.6) is 0 Å². The van der Waals surface area contributed by atoms with Crippen LogP contribution in [0.1, 0.15) is 23.8 Å². The van der Waals surface area contributed by atoms with E-state index in [-0.39, 0.29) is 12.1 Å². The van der Waals surface area contributed by atoms with E-state index in [4.69, 9.17) is 9.15 Å². The van der Waals surface area contributed by atoms with Crippen molar-refractivity contribution in [2.75, 3.05) is 0 Å². The third-order valence-electron chi connectivity index (χ3n) is 3.53. The number of esters is 1. The molecule has 2 aromatic rings. The van der Waals surface area contributed by atoms with Gasteiger partial charge in [-0.1, -0.05) is 30.3 Å². The predicted molar refractivity (Wildman–Crippen MR) is 76.1 cm³/mol. The van der Waals surface area contributed by atoms with Gasteiger partial charge in [-0.3, -0.25) is 0 Å². The lowest BCUT2D eigenvalue weighted by molar-refractivity contribution is -0.138. The van der Waals surface area contributed by atoms with E-state index < -0.39 is 0 Å². The van der Waals surface area contributed by atoms with Crippen molar-refractivity contribution in [3.05, 3.63) is 65.1 Å². The summed E-state index contributed by atoms with van der Waals surface area (Å²) in [6, 6.07) is 11.9. The third kappa shape index (κ3) is 2.27. The molecule has 1 aliphatic rings. The molecule has 0 saturated heterocycles. The normalized spacial score (nSPS) is 18.5. The molecule has 1 aromatic heterocycles. The van der Waals surface area contributed by atoms with Crippen LogP contribution in [0, 0.1) is 6.92 Å². The molecule has 1 aromatic carbocycles. The lowest BCUT2D eigenvalue weighted by Crippen LogP contribution is -2.05. The summed E-state index contributed by atoms with van der Waals surface area (Å²) in [6.45, 7) is 3.79. The van der Waals surface area contributed by atoms with Gasteiger partial charge in [-0.15, -0.1) is 0 Å². The SMILES string of the molecule is Cc1cc(C2=C(Cc3ccccc3)C(=O)OC2C)co1. The summed E-state index contributed by atoms with van der Waals surface area (Å²) in [5, 5.41) is 0. The quantitative estimate of drug-likeness (QED) is 0.799. The van der Waals surface area contributed by atoms with E-state index >= 15 is 0 Å². The zero-order valence-electron chi connectivity index (χ0n) is 11.6. The lowest BCUT2D eigenvalue weighted by Gasteiger charge is -2.06. The Morgan fingerprint density at radius 3 is 2.60 bits per heavy atom. The van der Waals surface area contributed by atoms with E-state index in [0.717, 1.165) is 28.0 Å². The summed E-state index contributed by atoms with van der Waals surface area (Å²) in [6.07, 6.45) is 2.05. The van der Waals surface area contributed by atoms with Gasteiger partial charge in [0.15, 0.2) is 0 Å². The van der Waals surface area contributed by atoms with Gasteiger partial charge in [0, 0.05) is 23.1 Å². The molecule has 0 bridgehead atoms. The molecule has 3 rings (SSSR count). The minimum Gasteiger partial charge on any atom is -0.469 e. The van der Waals surface area contributed by atoms with Crippen molar-refractivity contribution < 1.29 is 13.9 Å². The molecule has 3 heteroatoms. The number of aryl methyl sites for hydroxylation is 1. The van der Waals surface area contributed by atoms with Gasteiger partial charge in [-0.25, -0.2) is 4.79 Å². The van der Waals surface area contributed by atoms with Gasteiger partial charge in [-0.05, 0) is 25.5 Å². The molecule has 0 saturated carbocycles. The average molecular weight is 268 g/mol. The highest BCUT2D eigenvalue weighted by molar-refractivity contribution is 6.03. The van der Waals surface area contributed by atoms with Crippen molar-refractivity contribution in [2.24, 2.45) is 0 Å². The number of carbonyl (C=O) groups is 1. The molecule has 0 spiro atoms. The highest BCUT2D eigenvalue weighted by atomic mass is 16.5. The van der Waals surface area contributed by atoms with Crippen LogP contribution in [0.25, 0.3) is 5.57 Å². The van der Waals surface area contributed by atoms with Crippen LogP contribution in [0.3, 0.4) is 0 Å². The van der Waals surface area contributed by atoms with Crippen LogP contribution in [0.2, 0.25) is 0 Å². The topological polar surface area (TPSA) is 39.4 Å². The maximum atomic E-state index is 12.1. The molecule has 2 heterocycles. The van der Waals surface area contributed by atoms with Crippen molar-refractivity contribution in [1.29, 1.82) is 0 Å². The summed E-state index contributed by atoms with van der Waals surface area (Å²) in [7, 11) is 0. The third-order valence-corrected chi connectivity index (χ3v) is 3.53. The molecule has 1 aliphatic heterocycles. The second kappa shape index (κ2) is 5.00. The number of rotatable bonds is 3. The molecule has 0 radical (unpaired) electrons. The molecule has 3 nitrogen and oxygen atoms in total. The first-order chi connectivity index (χ1) is 9.65. The highest BCUT2D eigenvalue weighted by Crippen LogP contribution is 2.34. The van der Waals surface area contributed by atoms with Crippen molar-refractivity contribution in [2.45, 2.75) is 26.4 Å². The van der Waals surface area contributed by atoms with Gasteiger partial charge in [0.05, 0.1) is 6.26 Å². The minimum atomic E-state index is -0.227. The Morgan fingerprint density at radius 2 is 1.95 bits per heavy atom. The zero-order chi connectivity index (χ0) is 14.1. The van der Waals surface area contributed by atoms with Crippen LogP contribution in [0.15, 0.2) is 52.7 Å². The van der Waals surface area contributed by atoms with E-state index in [1.54, 1.807) is 6.26 Å². The van der Waals surface area contributed by atoms with Crippen LogP contribution < -0.4 is 0 Å². The fraction of sp³-hybridized carbons (Fsp3) is 0.235.